The number of alkyl carbamates (subject to hydrolysis) is 1. The monoisotopic (exact) mass is 317 g/mol. The first kappa shape index (κ1) is 15.0. The average Bonchev–Trinajstić information content (AvgIpc) is 2.24. The molecule has 0 heterocycles. The maximum absolute atomic E-state index is 13.5. The molecule has 0 atom stereocenters. The zero-order valence-corrected chi connectivity index (χ0v) is 12.3. The van der Waals surface area contributed by atoms with Gasteiger partial charge in [-0.15, -0.1) is 0 Å². The van der Waals surface area contributed by atoms with Gasteiger partial charge in [-0.3, -0.25) is 0 Å². The Morgan fingerprint density at radius 2 is 2.11 bits per heavy atom. The second-order valence-corrected chi connectivity index (χ2v) is 5.48. The molecule has 5 heteroatoms. The van der Waals surface area contributed by atoms with Crippen LogP contribution in [0, 0.1) is 5.82 Å². The standard InChI is InChI=1S/C13H17BrFNO2/c1-13(2,3)18-12(17)16-8-9-4-5-10(7-14)11(15)6-9/h4-6H,7-8H2,1-3H3,(H,16,17). The van der Waals surface area contributed by atoms with Crippen molar-refractivity contribution in [3.05, 3.63) is 35.1 Å². The predicted molar refractivity (Wildman–Crippen MR) is 72.1 cm³/mol. The van der Waals surface area contributed by atoms with Crippen LogP contribution in [0.2, 0.25) is 0 Å². The van der Waals surface area contributed by atoms with Crippen molar-refractivity contribution in [3.8, 4) is 0 Å². The first-order chi connectivity index (χ1) is 8.31. The van der Waals surface area contributed by atoms with Gasteiger partial charge < -0.3 is 10.1 Å². The van der Waals surface area contributed by atoms with E-state index in [2.05, 4.69) is 21.2 Å². The summed E-state index contributed by atoms with van der Waals surface area (Å²) in [5.74, 6) is -0.282. The van der Waals surface area contributed by atoms with Gasteiger partial charge in [0.1, 0.15) is 11.4 Å². The lowest BCUT2D eigenvalue weighted by molar-refractivity contribution is 0.0523. The molecule has 0 fully saturated rings. The number of halogens is 2. The minimum atomic E-state index is -0.533. The molecule has 1 aromatic carbocycles. The zero-order valence-electron chi connectivity index (χ0n) is 10.7. The molecule has 0 unspecified atom stereocenters. The molecule has 0 aliphatic heterocycles. The van der Waals surface area contributed by atoms with Crippen molar-refractivity contribution in [2.45, 2.75) is 38.2 Å². The fourth-order valence-electron chi connectivity index (χ4n) is 1.30. The van der Waals surface area contributed by atoms with Crippen molar-refractivity contribution in [2.24, 2.45) is 0 Å². The number of carbonyl (C=O) groups excluding carboxylic acids is 1. The molecule has 1 amide bonds. The second-order valence-electron chi connectivity index (χ2n) is 4.91. The normalized spacial score (nSPS) is 11.2. The lowest BCUT2D eigenvalue weighted by Crippen LogP contribution is -2.32. The van der Waals surface area contributed by atoms with Crippen LogP contribution in [-0.2, 0) is 16.6 Å². The summed E-state index contributed by atoms with van der Waals surface area (Å²) in [7, 11) is 0. The zero-order chi connectivity index (χ0) is 13.8. The Morgan fingerprint density at radius 3 is 2.61 bits per heavy atom. The molecule has 1 aromatic rings. The van der Waals surface area contributed by atoms with Gasteiger partial charge in [0.15, 0.2) is 0 Å². The minimum absolute atomic E-state index is 0.244. The first-order valence-corrected chi connectivity index (χ1v) is 6.74. The number of carbonyl (C=O) groups is 1. The van der Waals surface area contributed by atoms with E-state index in [1.165, 1.54) is 6.07 Å². The number of nitrogens with one attached hydrogen (secondary N) is 1. The number of rotatable bonds is 3. The molecule has 0 saturated heterocycles. The van der Waals surface area contributed by atoms with Crippen LogP contribution in [0.1, 0.15) is 31.9 Å². The summed E-state index contributed by atoms with van der Waals surface area (Å²) in [6.45, 7) is 5.61. The van der Waals surface area contributed by atoms with Gasteiger partial charge in [0.05, 0.1) is 0 Å². The van der Waals surface area contributed by atoms with Crippen molar-refractivity contribution < 1.29 is 13.9 Å². The Bertz CT molecular complexity index is 429. The van der Waals surface area contributed by atoms with E-state index >= 15 is 0 Å². The maximum atomic E-state index is 13.5. The molecular weight excluding hydrogens is 301 g/mol. The summed E-state index contributed by atoms with van der Waals surface area (Å²) in [5.41, 5.74) is 0.758. The Hall–Kier alpha value is -1.10. The molecule has 0 saturated carbocycles. The van der Waals surface area contributed by atoms with E-state index in [4.69, 9.17) is 4.74 Å². The summed E-state index contributed by atoms with van der Waals surface area (Å²) >= 11 is 3.20. The highest BCUT2D eigenvalue weighted by Gasteiger charge is 2.15. The maximum Gasteiger partial charge on any atom is 0.407 e. The molecule has 1 rings (SSSR count). The molecule has 0 radical (unpaired) electrons. The van der Waals surface area contributed by atoms with Crippen molar-refractivity contribution in [3.63, 3.8) is 0 Å². The highest BCUT2D eigenvalue weighted by molar-refractivity contribution is 9.08. The largest absolute Gasteiger partial charge is 0.444 e. The van der Waals surface area contributed by atoms with Gasteiger partial charge in [-0.1, -0.05) is 28.1 Å². The molecule has 0 aliphatic carbocycles. The minimum Gasteiger partial charge on any atom is -0.444 e. The number of hydrogen-bond donors (Lipinski definition) is 1. The van der Waals surface area contributed by atoms with Crippen LogP contribution in [0.25, 0.3) is 0 Å². The van der Waals surface area contributed by atoms with Gasteiger partial charge in [0, 0.05) is 11.9 Å². The number of amides is 1. The molecular formula is C13H17BrFNO2. The first-order valence-electron chi connectivity index (χ1n) is 5.62. The van der Waals surface area contributed by atoms with E-state index in [1.807, 2.05) is 0 Å². The smallest absolute Gasteiger partial charge is 0.407 e. The number of alkyl halides is 1. The second kappa shape index (κ2) is 6.18. The van der Waals surface area contributed by atoms with Crippen molar-refractivity contribution in [1.29, 1.82) is 0 Å². The lowest BCUT2D eigenvalue weighted by Gasteiger charge is -2.19. The van der Waals surface area contributed by atoms with Crippen LogP contribution in [0.5, 0.6) is 0 Å². The van der Waals surface area contributed by atoms with Crippen molar-refractivity contribution >= 4 is 22.0 Å². The van der Waals surface area contributed by atoms with Crippen LogP contribution >= 0.6 is 15.9 Å². The van der Waals surface area contributed by atoms with Gasteiger partial charge in [0.2, 0.25) is 0 Å². The number of benzene rings is 1. The number of ether oxygens (including phenoxy) is 1. The van der Waals surface area contributed by atoms with Gasteiger partial charge in [-0.25, -0.2) is 9.18 Å². The van der Waals surface area contributed by atoms with Crippen molar-refractivity contribution in [2.75, 3.05) is 0 Å². The molecule has 3 nitrogen and oxygen atoms in total. The molecule has 100 valence electrons. The Morgan fingerprint density at radius 1 is 1.44 bits per heavy atom. The van der Waals surface area contributed by atoms with Gasteiger partial charge in [0.25, 0.3) is 0 Å². The van der Waals surface area contributed by atoms with E-state index in [-0.39, 0.29) is 12.4 Å². The third-order valence-electron chi connectivity index (χ3n) is 2.10. The molecule has 0 aliphatic rings. The number of hydrogen-bond acceptors (Lipinski definition) is 2. The third kappa shape index (κ3) is 5.04. The van der Waals surface area contributed by atoms with Gasteiger partial charge in [-0.05, 0) is 38.0 Å². The average molecular weight is 318 g/mol. The van der Waals surface area contributed by atoms with E-state index in [1.54, 1.807) is 32.9 Å². The Kier molecular flexibility index (Phi) is 5.14. The fraction of sp³-hybridized carbons (Fsp3) is 0.462. The van der Waals surface area contributed by atoms with Gasteiger partial charge >= 0.3 is 6.09 Å². The fourth-order valence-corrected chi connectivity index (χ4v) is 1.75. The summed E-state index contributed by atoms with van der Waals surface area (Å²) < 4.78 is 18.6. The summed E-state index contributed by atoms with van der Waals surface area (Å²) in [6, 6.07) is 4.88. The van der Waals surface area contributed by atoms with Crippen LogP contribution in [-0.4, -0.2) is 11.7 Å². The Labute approximate surface area is 115 Å². The van der Waals surface area contributed by atoms with Crippen LogP contribution < -0.4 is 5.32 Å². The summed E-state index contributed by atoms with van der Waals surface area (Å²) in [6.07, 6.45) is -0.507. The topological polar surface area (TPSA) is 38.3 Å². The lowest BCUT2D eigenvalue weighted by atomic mass is 10.1. The third-order valence-corrected chi connectivity index (χ3v) is 2.70. The van der Waals surface area contributed by atoms with Gasteiger partial charge in [-0.2, -0.15) is 0 Å². The van der Waals surface area contributed by atoms with E-state index in [9.17, 15) is 9.18 Å². The quantitative estimate of drug-likeness (QED) is 0.862. The molecule has 0 aromatic heterocycles. The SMILES string of the molecule is CC(C)(C)OC(=O)NCc1ccc(CBr)c(F)c1. The highest BCUT2D eigenvalue weighted by atomic mass is 79.9. The van der Waals surface area contributed by atoms with E-state index in [0.29, 0.717) is 16.5 Å². The van der Waals surface area contributed by atoms with E-state index in [0.717, 1.165) is 0 Å². The van der Waals surface area contributed by atoms with Crippen LogP contribution in [0.3, 0.4) is 0 Å². The molecule has 1 N–H and O–H groups in total. The summed E-state index contributed by atoms with van der Waals surface area (Å²) in [4.78, 5) is 11.4. The van der Waals surface area contributed by atoms with Crippen LogP contribution in [0.15, 0.2) is 18.2 Å². The van der Waals surface area contributed by atoms with Crippen LogP contribution in [0.4, 0.5) is 9.18 Å². The van der Waals surface area contributed by atoms with E-state index < -0.39 is 11.7 Å². The molecule has 18 heavy (non-hydrogen) atoms. The highest BCUT2D eigenvalue weighted by Crippen LogP contribution is 2.13. The van der Waals surface area contributed by atoms with Crippen molar-refractivity contribution in [1.82, 2.24) is 5.32 Å². The summed E-state index contributed by atoms with van der Waals surface area (Å²) in [5, 5.41) is 3.05. The Balaban J connectivity index is 2.54. The predicted octanol–water partition coefficient (Wildman–Crippen LogP) is 3.75. The molecule has 0 bridgehead atoms. The molecule has 0 spiro atoms.